The maximum absolute atomic E-state index is 11.9. The average Bonchev–Trinajstić information content (AvgIpc) is 2.49. The Kier molecular flexibility index (Phi) is 8.16. The van der Waals surface area contributed by atoms with Crippen molar-refractivity contribution in [1.29, 1.82) is 0 Å². The first-order chi connectivity index (χ1) is 9.79. The van der Waals surface area contributed by atoms with E-state index in [9.17, 15) is 4.79 Å². The van der Waals surface area contributed by atoms with Gasteiger partial charge in [0.25, 0.3) is 0 Å². The summed E-state index contributed by atoms with van der Waals surface area (Å²) in [6.07, 6.45) is 3.69. The normalized spacial score (nSPS) is 15.1. The number of ether oxygens (including phenoxy) is 1. The van der Waals surface area contributed by atoms with E-state index in [1.54, 1.807) is 7.11 Å². The van der Waals surface area contributed by atoms with Crippen LogP contribution in [0.3, 0.4) is 0 Å². The fourth-order valence-electron chi connectivity index (χ4n) is 2.67. The summed E-state index contributed by atoms with van der Waals surface area (Å²) in [6, 6.07) is 7.94. The lowest BCUT2D eigenvalue weighted by Crippen LogP contribution is -2.33. The van der Waals surface area contributed by atoms with Crippen LogP contribution in [0.15, 0.2) is 24.3 Å². The summed E-state index contributed by atoms with van der Waals surface area (Å²) in [5, 5.41) is 6.33. The molecule has 0 aliphatic carbocycles. The number of nitrogens with one attached hydrogen (secondary N) is 2. The number of halogens is 1. The molecule has 5 heteroatoms. The van der Waals surface area contributed by atoms with Crippen molar-refractivity contribution < 1.29 is 9.53 Å². The predicted molar refractivity (Wildman–Crippen MR) is 87.2 cm³/mol. The number of hydrogen-bond donors (Lipinski definition) is 2. The summed E-state index contributed by atoms with van der Waals surface area (Å²) in [6.45, 7) is 2.75. The smallest absolute Gasteiger partial charge is 0.220 e. The Morgan fingerprint density at radius 3 is 2.76 bits per heavy atom. The minimum Gasteiger partial charge on any atom is -0.496 e. The van der Waals surface area contributed by atoms with Crippen molar-refractivity contribution in [3.05, 3.63) is 29.8 Å². The highest BCUT2D eigenvalue weighted by atomic mass is 35.5. The molecule has 4 nitrogen and oxygen atoms in total. The number of benzene rings is 1. The second kappa shape index (κ2) is 9.64. The van der Waals surface area contributed by atoms with Gasteiger partial charge in [-0.2, -0.15) is 0 Å². The molecular formula is C16H25ClN2O2. The Balaban J connectivity index is 0.00000220. The predicted octanol–water partition coefficient (Wildman–Crippen LogP) is 2.17. The number of carbonyl (C=O) groups is 1. The molecule has 0 atom stereocenters. The molecule has 1 fully saturated rings. The molecule has 1 aliphatic rings. The number of carbonyl (C=O) groups excluding carboxylic acids is 1. The summed E-state index contributed by atoms with van der Waals surface area (Å²) in [4.78, 5) is 11.9. The molecule has 1 aliphatic heterocycles. The second-order valence-corrected chi connectivity index (χ2v) is 5.31. The molecule has 1 saturated heterocycles. The van der Waals surface area contributed by atoms with E-state index in [0.717, 1.165) is 43.7 Å². The monoisotopic (exact) mass is 312 g/mol. The number of amides is 1. The zero-order valence-corrected chi connectivity index (χ0v) is 13.4. The van der Waals surface area contributed by atoms with E-state index in [-0.39, 0.29) is 18.3 Å². The first kappa shape index (κ1) is 17.8. The zero-order chi connectivity index (χ0) is 14.2. The van der Waals surface area contributed by atoms with Crippen LogP contribution < -0.4 is 15.4 Å². The molecule has 2 N–H and O–H groups in total. The number of rotatable bonds is 6. The maximum Gasteiger partial charge on any atom is 0.220 e. The fourth-order valence-corrected chi connectivity index (χ4v) is 2.67. The molecule has 0 bridgehead atoms. The molecular weight excluding hydrogens is 288 g/mol. The molecule has 21 heavy (non-hydrogen) atoms. The molecule has 1 heterocycles. The summed E-state index contributed by atoms with van der Waals surface area (Å²) in [5.74, 6) is 1.61. The molecule has 118 valence electrons. The van der Waals surface area contributed by atoms with Crippen LogP contribution in [0.2, 0.25) is 0 Å². The van der Waals surface area contributed by atoms with Gasteiger partial charge < -0.3 is 15.4 Å². The zero-order valence-electron chi connectivity index (χ0n) is 12.6. The summed E-state index contributed by atoms with van der Waals surface area (Å²) >= 11 is 0. The van der Waals surface area contributed by atoms with Crippen LogP contribution in [0.25, 0.3) is 0 Å². The van der Waals surface area contributed by atoms with Gasteiger partial charge >= 0.3 is 0 Å². The number of hydrogen-bond acceptors (Lipinski definition) is 3. The van der Waals surface area contributed by atoms with Crippen LogP contribution in [-0.2, 0) is 11.2 Å². The van der Waals surface area contributed by atoms with E-state index in [1.165, 1.54) is 0 Å². The van der Waals surface area contributed by atoms with E-state index < -0.39 is 0 Å². The maximum atomic E-state index is 11.9. The van der Waals surface area contributed by atoms with E-state index in [0.29, 0.717) is 18.9 Å². The first-order valence-corrected chi connectivity index (χ1v) is 7.39. The van der Waals surface area contributed by atoms with Gasteiger partial charge in [0.1, 0.15) is 5.75 Å². The lowest BCUT2D eigenvalue weighted by atomic mass is 9.94. The minimum atomic E-state index is 0. The van der Waals surface area contributed by atoms with Crippen molar-refractivity contribution in [2.75, 3.05) is 26.7 Å². The Hall–Kier alpha value is -1.26. The number of para-hydroxylation sites is 1. The molecule has 0 aromatic heterocycles. The van der Waals surface area contributed by atoms with E-state index in [2.05, 4.69) is 10.6 Å². The van der Waals surface area contributed by atoms with Gasteiger partial charge in [-0.15, -0.1) is 12.4 Å². The Bertz CT molecular complexity index is 434. The molecule has 0 unspecified atom stereocenters. The minimum absolute atomic E-state index is 0. The third-order valence-electron chi connectivity index (χ3n) is 3.84. The van der Waals surface area contributed by atoms with Gasteiger partial charge in [0.05, 0.1) is 7.11 Å². The Morgan fingerprint density at radius 1 is 1.33 bits per heavy atom. The van der Waals surface area contributed by atoms with Crippen LogP contribution in [0, 0.1) is 5.92 Å². The van der Waals surface area contributed by atoms with E-state index >= 15 is 0 Å². The van der Waals surface area contributed by atoms with Crippen LogP contribution >= 0.6 is 12.4 Å². The van der Waals surface area contributed by atoms with Gasteiger partial charge in [-0.3, -0.25) is 4.79 Å². The van der Waals surface area contributed by atoms with Gasteiger partial charge in [-0.05, 0) is 49.9 Å². The molecule has 1 aromatic rings. The Morgan fingerprint density at radius 2 is 2.05 bits per heavy atom. The van der Waals surface area contributed by atoms with Gasteiger partial charge in [0.2, 0.25) is 5.91 Å². The van der Waals surface area contributed by atoms with Crippen molar-refractivity contribution in [2.45, 2.75) is 25.7 Å². The first-order valence-electron chi connectivity index (χ1n) is 7.39. The summed E-state index contributed by atoms with van der Waals surface area (Å²) < 4.78 is 5.30. The van der Waals surface area contributed by atoms with Crippen LogP contribution in [-0.4, -0.2) is 32.7 Å². The van der Waals surface area contributed by atoms with Crippen LogP contribution in [0.1, 0.15) is 24.8 Å². The molecule has 2 rings (SSSR count). The fraction of sp³-hybridized carbons (Fsp3) is 0.562. The van der Waals surface area contributed by atoms with Crippen molar-refractivity contribution in [3.63, 3.8) is 0 Å². The summed E-state index contributed by atoms with van der Waals surface area (Å²) in [5.41, 5.74) is 1.14. The Labute approximate surface area is 133 Å². The lowest BCUT2D eigenvalue weighted by Gasteiger charge is -2.21. The SMILES string of the molecule is COc1ccccc1CCNC(=O)CC1CCNCC1.Cl. The van der Waals surface area contributed by atoms with Crippen molar-refractivity contribution in [1.82, 2.24) is 10.6 Å². The highest BCUT2D eigenvalue weighted by molar-refractivity contribution is 5.85. The largest absolute Gasteiger partial charge is 0.496 e. The second-order valence-electron chi connectivity index (χ2n) is 5.31. The van der Waals surface area contributed by atoms with Crippen molar-refractivity contribution in [3.8, 4) is 5.75 Å². The number of piperidine rings is 1. The van der Waals surface area contributed by atoms with Gasteiger partial charge in [-0.1, -0.05) is 18.2 Å². The van der Waals surface area contributed by atoms with Crippen LogP contribution in [0.5, 0.6) is 5.75 Å². The summed E-state index contributed by atoms with van der Waals surface area (Å²) in [7, 11) is 1.68. The van der Waals surface area contributed by atoms with E-state index in [1.807, 2.05) is 24.3 Å². The highest BCUT2D eigenvalue weighted by Crippen LogP contribution is 2.18. The molecule has 1 aromatic carbocycles. The van der Waals surface area contributed by atoms with Gasteiger partial charge in [-0.25, -0.2) is 0 Å². The van der Waals surface area contributed by atoms with Gasteiger partial charge in [0, 0.05) is 13.0 Å². The number of methoxy groups -OCH3 is 1. The quantitative estimate of drug-likeness (QED) is 0.846. The third-order valence-corrected chi connectivity index (χ3v) is 3.84. The van der Waals surface area contributed by atoms with Gasteiger partial charge in [0.15, 0.2) is 0 Å². The standard InChI is InChI=1S/C16H24N2O2.ClH/c1-20-15-5-3-2-4-14(15)8-11-18-16(19)12-13-6-9-17-10-7-13;/h2-5,13,17H,6-12H2,1H3,(H,18,19);1H. The molecule has 0 radical (unpaired) electrons. The van der Waals surface area contributed by atoms with Crippen molar-refractivity contribution in [2.24, 2.45) is 5.92 Å². The van der Waals surface area contributed by atoms with Crippen LogP contribution in [0.4, 0.5) is 0 Å². The molecule has 1 amide bonds. The van der Waals surface area contributed by atoms with Crippen molar-refractivity contribution >= 4 is 18.3 Å². The highest BCUT2D eigenvalue weighted by Gasteiger charge is 2.16. The lowest BCUT2D eigenvalue weighted by molar-refractivity contribution is -0.122. The molecule has 0 spiro atoms. The van der Waals surface area contributed by atoms with E-state index in [4.69, 9.17) is 4.74 Å². The topological polar surface area (TPSA) is 50.4 Å². The molecule has 0 saturated carbocycles. The average molecular weight is 313 g/mol. The third kappa shape index (κ3) is 5.94.